The molecule has 114 valence electrons. The van der Waals surface area contributed by atoms with Gasteiger partial charge >= 0.3 is 0 Å². The van der Waals surface area contributed by atoms with Crippen LogP contribution in [-0.4, -0.2) is 35.8 Å². The Morgan fingerprint density at radius 1 is 1.30 bits per heavy atom. The molecule has 0 aliphatic heterocycles. The van der Waals surface area contributed by atoms with Crippen molar-refractivity contribution in [1.82, 2.24) is 4.72 Å². The van der Waals surface area contributed by atoms with Gasteiger partial charge < -0.3 is 9.47 Å². The quantitative estimate of drug-likeness (QED) is 0.783. The number of rotatable bonds is 7. The highest BCUT2D eigenvalue weighted by Crippen LogP contribution is 2.34. The first kappa shape index (κ1) is 17.2. The summed E-state index contributed by atoms with van der Waals surface area (Å²) in [6.07, 6.45) is 0.594. The van der Waals surface area contributed by atoms with Crippen LogP contribution in [0.15, 0.2) is 11.0 Å². The van der Waals surface area contributed by atoms with Crippen LogP contribution in [0.2, 0.25) is 5.02 Å². The molecular formula is C13H20ClNO4S. The molecule has 0 spiro atoms. The molecule has 1 aromatic rings. The second kappa shape index (κ2) is 7.26. The van der Waals surface area contributed by atoms with Crippen molar-refractivity contribution in [2.45, 2.75) is 25.2 Å². The van der Waals surface area contributed by atoms with Crippen molar-refractivity contribution in [2.75, 3.05) is 27.4 Å². The van der Waals surface area contributed by atoms with Gasteiger partial charge in [0.2, 0.25) is 10.0 Å². The average molecular weight is 322 g/mol. The lowest BCUT2D eigenvalue weighted by atomic mass is 10.1. The Hall–Kier alpha value is -0.820. The van der Waals surface area contributed by atoms with Gasteiger partial charge in [-0.15, -0.1) is 0 Å². The van der Waals surface area contributed by atoms with Gasteiger partial charge in [0.25, 0.3) is 0 Å². The molecule has 0 bridgehead atoms. The van der Waals surface area contributed by atoms with E-state index in [4.69, 9.17) is 21.1 Å². The molecular weight excluding hydrogens is 302 g/mol. The summed E-state index contributed by atoms with van der Waals surface area (Å²) in [5.74, 6) is 0.295. The molecule has 0 saturated heterocycles. The first-order chi connectivity index (χ1) is 9.35. The van der Waals surface area contributed by atoms with Crippen LogP contribution in [0.4, 0.5) is 0 Å². The lowest BCUT2D eigenvalue weighted by molar-refractivity contribution is 0.196. The number of halogens is 1. The summed E-state index contributed by atoms with van der Waals surface area (Å²) in [5.41, 5.74) is 1.27. The molecule has 5 nitrogen and oxygen atoms in total. The van der Waals surface area contributed by atoms with Gasteiger partial charge in [0.05, 0.1) is 7.11 Å². The maximum atomic E-state index is 12.4. The number of nitrogens with one attached hydrogen (secondary N) is 1. The molecule has 0 aliphatic rings. The van der Waals surface area contributed by atoms with Crippen LogP contribution in [0.5, 0.6) is 5.75 Å². The summed E-state index contributed by atoms with van der Waals surface area (Å²) < 4.78 is 37.3. The molecule has 0 aliphatic carbocycles. The van der Waals surface area contributed by atoms with Gasteiger partial charge in [-0.3, -0.25) is 0 Å². The van der Waals surface area contributed by atoms with Crippen molar-refractivity contribution < 1.29 is 17.9 Å². The number of aryl methyl sites for hydroxylation is 1. The van der Waals surface area contributed by atoms with Crippen LogP contribution >= 0.6 is 11.6 Å². The van der Waals surface area contributed by atoms with Crippen molar-refractivity contribution in [1.29, 1.82) is 0 Å². The highest BCUT2D eigenvalue weighted by Gasteiger charge is 2.24. The van der Waals surface area contributed by atoms with E-state index in [1.165, 1.54) is 7.11 Å². The number of hydrogen-bond donors (Lipinski definition) is 1. The normalized spacial score (nSPS) is 11.7. The van der Waals surface area contributed by atoms with Gasteiger partial charge in [-0.2, -0.15) is 0 Å². The van der Waals surface area contributed by atoms with E-state index in [1.54, 1.807) is 27.0 Å². The monoisotopic (exact) mass is 321 g/mol. The first-order valence-electron chi connectivity index (χ1n) is 6.17. The zero-order valence-electron chi connectivity index (χ0n) is 12.1. The fourth-order valence-electron chi connectivity index (χ4n) is 1.89. The Labute approximate surface area is 125 Å². The number of methoxy groups -OCH3 is 2. The molecule has 0 amide bonds. The standard InChI is InChI=1S/C13H20ClNO4S/c1-9-8-11(19-4)13(10(2)12(9)14)20(16,17)15-6-5-7-18-3/h8,15H,5-7H2,1-4H3. The molecule has 0 atom stereocenters. The summed E-state index contributed by atoms with van der Waals surface area (Å²) in [6, 6.07) is 1.62. The molecule has 0 heterocycles. The van der Waals surface area contributed by atoms with E-state index in [0.29, 0.717) is 35.9 Å². The predicted molar refractivity (Wildman–Crippen MR) is 79.2 cm³/mol. The summed E-state index contributed by atoms with van der Waals surface area (Å²) in [6.45, 7) is 4.26. The van der Waals surface area contributed by atoms with Crippen molar-refractivity contribution in [3.63, 3.8) is 0 Å². The van der Waals surface area contributed by atoms with E-state index in [9.17, 15) is 8.42 Å². The molecule has 1 aromatic carbocycles. The van der Waals surface area contributed by atoms with E-state index < -0.39 is 10.0 Å². The number of ether oxygens (including phenoxy) is 2. The SMILES string of the molecule is COCCCNS(=O)(=O)c1c(OC)cc(C)c(Cl)c1C. The lowest BCUT2D eigenvalue weighted by Gasteiger charge is -2.16. The fraction of sp³-hybridized carbons (Fsp3) is 0.538. The van der Waals surface area contributed by atoms with E-state index in [-0.39, 0.29) is 4.90 Å². The van der Waals surface area contributed by atoms with E-state index in [2.05, 4.69) is 4.72 Å². The minimum atomic E-state index is -3.67. The molecule has 7 heteroatoms. The van der Waals surface area contributed by atoms with Crippen molar-refractivity contribution >= 4 is 21.6 Å². The molecule has 1 N–H and O–H groups in total. The van der Waals surface area contributed by atoms with Crippen molar-refractivity contribution in [3.8, 4) is 5.75 Å². The van der Waals surface area contributed by atoms with Crippen molar-refractivity contribution in [2.24, 2.45) is 0 Å². The van der Waals surface area contributed by atoms with E-state index in [0.717, 1.165) is 5.56 Å². The molecule has 1 rings (SSSR count). The van der Waals surface area contributed by atoms with Crippen LogP contribution in [0.25, 0.3) is 0 Å². The molecule has 0 unspecified atom stereocenters. The minimum Gasteiger partial charge on any atom is -0.495 e. The fourth-order valence-corrected chi connectivity index (χ4v) is 3.56. The maximum Gasteiger partial charge on any atom is 0.244 e. The first-order valence-corrected chi connectivity index (χ1v) is 8.03. The summed E-state index contributed by atoms with van der Waals surface area (Å²) in [5, 5.41) is 0.433. The van der Waals surface area contributed by atoms with Crippen molar-refractivity contribution in [3.05, 3.63) is 22.2 Å². The van der Waals surface area contributed by atoms with Gasteiger partial charge in [-0.1, -0.05) is 11.6 Å². The van der Waals surface area contributed by atoms with E-state index >= 15 is 0 Å². The van der Waals surface area contributed by atoms with Crippen LogP contribution < -0.4 is 9.46 Å². The number of sulfonamides is 1. The lowest BCUT2D eigenvalue weighted by Crippen LogP contribution is -2.26. The molecule has 0 aromatic heterocycles. The van der Waals surface area contributed by atoms with E-state index in [1.807, 2.05) is 0 Å². The van der Waals surface area contributed by atoms with Crippen LogP contribution in [0, 0.1) is 13.8 Å². The second-order valence-corrected chi connectivity index (χ2v) is 6.49. The third-order valence-electron chi connectivity index (χ3n) is 2.89. The third kappa shape index (κ3) is 3.85. The van der Waals surface area contributed by atoms with Gasteiger partial charge in [-0.05, 0) is 37.5 Å². The minimum absolute atomic E-state index is 0.0908. The van der Waals surface area contributed by atoms with Crippen LogP contribution in [0.1, 0.15) is 17.5 Å². The number of benzene rings is 1. The molecule has 20 heavy (non-hydrogen) atoms. The highest BCUT2D eigenvalue weighted by atomic mass is 35.5. The smallest absolute Gasteiger partial charge is 0.244 e. The highest BCUT2D eigenvalue weighted by molar-refractivity contribution is 7.89. The second-order valence-electron chi connectivity index (χ2n) is 4.41. The topological polar surface area (TPSA) is 64.6 Å². The average Bonchev–Trinajstić information content (AvgIpc) is 2.40. The zero-order chi connectivity index (χ0) is 15.3. The molecule has 0 radical (unpaired) electrons. The van der Waals surface area contributed by atoms with Crippen LogP contribution in [-0.2, 0) is 14.8 Å². The predicted octanol–water partition coefficient (Wildman–Crippen LogP) is 2.28. The Kier molecular flexibility index (Phi) is 6.26. The summed E-state index contributed by atoms with van der Waals surface area (Å²) in [4.78, 5) is 0.0908. The molecule has 0 saturated carbocycles. The van der Waals surface area contributed by atoms with Gasteiger partial charge in [0, 0.05) is 25.3 Å². The summed E-state index contributed by atoms with van der Waals surface area (Å²) >= 11 is 6.13. The zero-order valence-corrected chi connectivity index (χ0v) is 13.7. The van der Waals surface area contributed by atoms with Gasteiger partial charge in [0.1, 0.15) is 10.6 Å². The maximum absolute atomic E-state index is 12.4. The summed E-state index contributed by atoms with van der Waals surface area (Å²) in [7, 11) is -0.661. The molecule has 0 fully saturated rings. The Bertz CT molecular complexity index is 572. The Morgan fingerprint density at radius 3 is 2.50 bits per heavy atom. The Morgan fingerprint density at radius 2 is 1.95 bits per heavy atom. The largest absolute Gasteiger partial charge is 0.495 e. The van der Waals surface area contributed by atoms with Gasteiger partial charge in [-0.25, -0.2) is 13.1 Å². The van der Waals surface area contributed by atoms with Crippen LogP contribution in [0.3, 0.4) is 0 Å². The van der Waals surface area contributed by atoms with Gasteiger partial charge in [0.15, 0.2) is 0 Å². The number of hydrogen-bond acceptors (Lipinski definition) is 4. The Balaban J connectivity index is 3.14. The third-order valence-corrected chi connectivity index (χ3v) is 5.10.